The van der Waals surface area contributed by atoms with E-state index in [1.807, 2.05) is 6.92 Å². The van der Waals surface area contributed by atoms with E-state index >= 15 is 0 Å². The van der Waals surface area contributed by atoms with Crippen molar-refractivity contribution < 1.29 is 27.5 Å². The van der Waals surface area contributed by atoms with Crippen LogP contribution in [-0.4, -0.2) is 40.6 Å². The van der Waals surface area contributed by atoms with Gasteiger partial charge in [-0.25, -0.2) is 13.2 Å². The molecule has 0 aromatic heterocycles. The molecular formula is C24H24N2O6S. The number of hydrogen-bond donors (Lipinski definition) is 1. The van der Waals surface area contributed by atoms with E-state index in [0.29, 0.717) is 23.7 Å². The summed E-state index contributed by atoms with van der Waals surface area (Å²) in [5, 5.41) is 2.63. The number of benzene rings is 3. The summed E-state index contributed by atoms with van der Waals surface area (Å²) in [4.78, 5) is 24.5. The molecule has 0 bridgehead atoms. The van der Waals surface area contributed by atoms with Gasteiger partial charge in [0.15, 0.2) is 6.61 Å². The molecule has 0 radical (unpaired) electrons. The summed E-state index contributed by atoms with van der Waals surface area (Å²) in [5.74, 6) is -0.764. The zero-order chi connectivity index (χ0) is 23.8. The highest BCUT2D eigenvalue weighted by Crippen LogP contribution is 2.24. The Morgan fingerprint density at radius 1 is 0.909 bits per heavy atom. The quantitative estimate of drug-likeness (QED) is 0.481. The molecule has 0 spiro atoms. The SMILES string of the molecule is CCOc1ccccc1NC(=O)COC(=O)c1ccc(S(=O)(=O)N(C)c2ccccc2)cc1. The van der Waals surface area contributed by atoms with Crippen LogP contribution in [0.4, 0.5) is 11.4 Å². The lowest BCUT2D eigenvalue weighted by atomic mass is 10.2. The molecule has 0 atom stereocenters. The van der Waals surface area contributed by atoms with Crippen molar-refractivity contribution in [1.29, 1.82) is 0 Å². The van der Waals surface area contributed by atoms with Crippen LogP contribution in [-0.2, 0) is 19.6 Å². The normalized spacial score (nSPS) is 10.8. The van der Waals surface area contributed by atoms with E-state index in [-0.39, 0.29) is 10.5 Å². The van der Waals surface area contributed by atoms with Crippen molar-refractivity contribution >= 4 is 33.3 Å². The predicted octanol–water partition coefficient (Wildman–Crippen LogP) is 3.71. The lowest BCUT2D eigenvalue weighted by Crippen LogP contribution is -2.26. The highest BCUT2D eigenvalue weighted by molar-refractivity contribution is 7.92. The lowest BCUT2D eigenvalue weighted by molar-refractivity contribution is -0.119. The van der Waals surface area contributed by atoms with Crippen molar-refractivity contribution in [1.82, 2.24) is 0 Å². The number of carbonyl (C=O) groups is 2. The van der Waals surface area contributed by atoms with Crippen LogP contribution in [0, 0.1) is 0 Å². The number of sulfonamides is 1. The molecule has 0 fully saturated rings. The van der Waals surface area contributed by atoms with E-state index < -0.39 is 28.5 Å². The van der Waals surface area contributed by atoms with E-state index in [1.165, 1.54) is 31.3 Å². The number of para-hydroxylation sites is 3. The van der Waals surface area contributed by atoms with Crippen LogP contribution in [0.2, 0.25) is 0 Å². The topological polar surface area (TPSA) is 102 Å². The number of hydrogen-bond acceptors (Lipinski definition) is 6. The third kappa shape index (κ3) is 5.89. The highest BCUT2D eigenvalue weighted by Gasteiger charge is 2.22. The van der Waals surface area contributed by atoms with Crippen LogP contribution < -0.4 is 14.4 Å². The highest BCUT2D eigenvalue weighted by atomic mass is 32.2. The predicted molar refractivity (Wildman–Crippen MR) is 125 cm³/mol. The molecule has 0 aliphatic heterocycles. The minimum atomic E-state index is -3.80. The first-order valence-corrected chi connectivity index (χ1v) is 11.6. The van der Waals surface area contributed by atoms with E-state index in [0.717, 1.165) is 4.31 Å². The summed E-state index contributed by atoms with van der Waals surface area (Å²) >= 11 is 0. The fourth-order valence-corrected chi connectivity index (χ4v) is 4.15. The van der Waals surface area contributed by atoms with Gasteiger partial charge < -0.3 is 14.8 Å². The van der Waals surface area contributed by atoms with Crippen LogP contribution in [0.15, 0.2) is 83.8 Å². The first kappa shape index (κ1) is 23.8. The molecule has 3 rings (SSSR count). The third-order valence-electron chi connectivity index (χ3n) is 4.66. The number of amides is 1. The molecule has 0 heterocycles. The Kier molecular flexibility index (Phi) is 7.68. The third-order valence-corrected chi connectivity index (χ3v) is 6.46. The maximum absolute atomic E-state index is 12.8. The van der Waals surface area contributed by atoms with Crippen LogP contribution in [0.3, 0.4) is 0 Å². The van der Waals surface area contributed by atoms with Gasteiger partial charge in [-0.05, 0) is 55.5 Å². The van der Waals surface area contributed by atoms with Gasteiger partial charge in [0, 0.05) is 7.05 Å². The fraction of sp³-hybridized carbons (Fsp3) is 0.167. The molecule has 1 N–H and O–H groups in total. The second-order valence-corrected chi connectivity index (χ2v) is 8.86. The van der Waals surface area contributed by atoms with Crippen molar-refractivity contribution in [2.24, 2.45) is 0 Å². The maximum atomic E-state index is 12.8. The van der Waals surface area contributed by atoms with Gasteiger partial charge in [0.1, 0.15) is 5.75 Å². The molecular weight excluding hydrogens is 444 g/mol. The average molecular weight is 469 g/mol. The molecule has 0 unspecified atom stereocenters. The Hall–Kier alpha value is -3.85. The van der Waals surface area contributed by atoms with Crippen molar-refractivity contribution in [3.05, 3.63) is 84.4 Å². The molecule has 172 valence electrons. The summed E-state index contributed by atoms with van der Waals surface area (Å²) in [6.07, 6.45) is 0. The van der Waals surface area contributed by atoms with Gasteiger partial charge in [-0.3, -0.25) is 9.10 Å². The monoisotopic (exact) mass is 468 g/mol. The Morgan fingerprint density at radius 3 is 2.21 bits per heavy atom. The number of ether oxygens (including phenoxy) is 2. The number of nitrogens with zero attached hydrogens (tertiary/aromatic N) is 1. The standard InChI is InChI=1S/C24H24N2O6S/c1-3-31-22-12-8-7-11-21(22)25-23(27)17-32-24(28)18-13-15-20(16-14-18)33(29,30)26(2)19-9-5-4-6-10-19/h4-16H,3,17H2,1-2H3,(H,25,27). The molecule has 3 aromatic rings. The fourth-order valence-electron chi connectivity index (χ4n) is 2.95. The molecule has 0 saturated heterocycles. The van der Waals surface area contributed by atoms with E-state index in [4.69, 9.17) is 9.47 Å². The van der Waals surface area contributed by atoms with E-state index in [2.05, 4.69) is 5.32 Å². The Labute approximate surface area is 192 Å². The minimum Gasteiger partial charge on any atom is -0.492 e. The van der Waals surface area contributed by atoms with Gasteiger partial charge in [0.25, 0.3) is 15.9 Å². The molecule has 33 heavy (non-hydrogen) atoms. The van der Waals surface area contributed by atoms with Crippen LogP contribution in [0.1, 0.15) is 17.3 Å². The molecule has 3 aromatic carbocycles. The zero-order valence-corrected chi connectivity index (χ0v) is 19.0. The smallest absolute Gasteiger partial charge is 0.338 e. The maximum Gasteiger partial charge on any atom is 0.338 e. The molecule has 8 nitrogen and oxygen atoms in total. The second-order valence-electron chi connectivity index (χ2n) is 6.89. The summed E-state index contributed by atoms with van der Waals surface area (Å²) in [6, 6.07) is 20.9. The average Bonchev–Trinajstić information content (AvgIpc) is 2.84. The van der Waals surface area contributed by atoms with Crippen molar-refractivity contribution in [3.63, 3.8) is 0 Å². The van der Waals surface area contributed by atoms with Crippen molar-refractivity contribution in [2.75, 3.05) is 29.9 Å². The summed E-state index contributed by atoms with van der Waals surface area (Å²) in [5.41, 5.74) is 1.11. The van der Waals surface area contributed by atoms with Gasteiger partial charge in [-0.2, -0.15) is 0 Å². The van der Waals surface area contributed by atoms with E-state index in [1.54, 1.807) is 54.6 Å². The summed E-state index contributed by atoms with van der Waals surface area (Å²) < 4.78 is 37.3. The van der Waals surface area contributed by atoms with Crippen molar-refractivity contribution in [2.45, 2.75) is 11.8 Å². The zero-order valence-electron chi connectivity index (χ0n) is 18.2. The number of rotatable bonds is 9. The largest absolute Gasteiger partial charge is 0.492 e. The number of nitrogens with one attached hydrogen (secondary N) is 1. The number of carbonyl (C=O) groups excluding carboxylic acids is 2. The number of anilines is 2. The van der Waals surface area contributed by atoms with Gasteiger partial charge in [0.2, 0.25) is 0 Å². The summed E-state index contributed by atoms with van der Waals surface area (Å²) in [7, 11) is -2.34. The van der Waals surface area contributed by atoms with Gasteiger partial charge in [-0.1, -0.05) is 30.3 Å². The van der Waals surface area contributed by atoms with Gasteiger partial charge in [-0.15, -0.1) is 0 Å². The van der Waals surface area contributed by atoms with Crippen LogP contribution in [0.5, 0.6) is 5.75 Å². The second kappa shape index (κ2) is 10.6. The van der Waals surface area contributed by atoms with E-state index in [9.17, 15) is 18.0 Å². The minimum absolute atomic E-state index is 0.0238. The first-order chi connectivity index (χ1) is 15.8. The van der Waals surface area contributed by atoms with Gasteiger partial charge >= 0.3 is 5.97 Å². The molecule has 0 saturated carbocycles. The van der Waals surface area contributed by atoms with Gasteiger partial charge in [0.05, 0.1) is 28.4 Å². The van der Waals surface area contributed by atoms with Crippen molar-refractivity contribution in [3.8, 4) is 5.75 Å². The van der Waals surface area contributed by atoms with Crippen LogP contribution in [0.25, 0.3) is 0 Å². The molecule has 9 heteroatoms. The molecule has 1 amide bonds. The Bertz CT molecular complexity index is 1210. The Balaban J connectivity index is 1.61. The number of esters is 1. The van der Waals surface area contributed by atoms with Crippen LogP contribution >= 0.6 is 0 Å². The first-order valence-electron chi connectivity index (χ1n) is 10.2. The molecule has 0 aliphatic carbocycles. The molecule has 0 aliphatic rings. The summed E-state index contributed by atoms with van der Waals surface area (Å²) in [6.45, 7) is 1.77. The Morgan fingerprint density at radius 2 is 1.55 bits per heavy atom. The lowest BCUT2D eigenvalue weighted by Gasteiger charge is -2.19.